The van der Waals surface area contributed by atoms with E-state index in [1.165, 1.54) is 35.2 Å². The van der Waals surface area contributed by atoms with E-state index >= 15 is 0 Å². The van der Waals surface area contributed by atoms with Crippen LogP contribution in [0.15, 0.2) is 42.5 Å². The molecule has 2 aromatic carbocycles. The van der Waals surface area contributed by atoms with Gasteiger partial charge in [-0.2, -0.15) is 0 Å². The fraction of sp³-hybridized carbons (Fsp3) is 0.211. The molecular weight excluding hydrogens is 338 g/mol. The molecule has 2 aromatic rings. The molecule has 0 atom stereocenters. The Morgan fingerprint density at radius 2 is 1.58 bits per heavy atom. The van der Waals surface area contributed by atoms with Gasteiger partial charge in [-0.3, -0.25) is 4.79 Å². The number of nitrogens with zero attached hydrogens (tertiary/aromatic N) is 1. The van der Waals surface area contributed by atoms with Crippen molar-refractivity contribution < 1.29 is 29.3 Å². The zero-order valence-corrected chi connectivity index (χ0v) is 14.2. The first-order valence-electron chi connectivity index (χ1n) is 7.89. The van der Waals surface area contributed by atoms with Gasteiger partial charge in [0.05, 0.1) is 23.4 Å². The number of hydrogen-bond donors (Lipinski definition) is 2. The SMILES string of the molecule is CC1(C)Oc2cc(C(=O)O)ccc2N(Cc2ccc(C(=O)O)cc2)C1=O. The Morgan fingerprint density at radius 1 is 1.00 bits per heavy atom. The lowest BCUT2D eigenvalue weighted by molar-refractivity contribution is -0.132. The Kier molecular flexibility index (Phi) is 4.15. The summed E-state index contributed by atoms with van der Waals surface area (Å²) >= 11 is 0. The van der Waals surface area contributed by atoms with E-state index < -0.39 is 17.5 Å². The monoisotopic (exact) mass is 355 g/mol. The predicted molar refractivity (Wildman–Crippen MR) is 92.7 cm³/mol. The van der Waals surface area contributed by atoms with Crippen LogP contribution in [0.1, 0.15) is 40.1 Å². The van der Waals surface area contributed by atoms with E-state index in [4.69, 9.17) is 14.9 Å². The Morgan fingerprint density at radius 3 is 2.15 bits per heavy atom. The lowest BCUT2D eigenvalue weighted by atomic mass is 10.0. The maximum atomic E-state index is 12.8. The minimum Gasteiger partial charge on any atom is -0.478 e. The zero-order valence-electron chi connectivity index (χ0n) is 14.2. The number of aromatic carboxylic acids is 2. The summed E-state index contributed by atoms with van der Waals surface area (Å²) in [5.41, 5.74) is 0.301. The number of hydrogen-bond acceptors (Lipinski definition) is 4. The molecule has 26 heavy (non-hydrogen) atoms. The minimum absolute atomic E-state index is 0.0691. The van der Waals surface area contributed by atoms with Crippen molar-refractivity contribution in [1.29, 1.82) is 0 Å². The fourth-order valence-electron chi connectivity index (χ4n) is 2.80. The Balaban J connectivity index is 1.99. The second-order valence-electron chi connectivity index (χ2n) is 6.49. The maximum absolute atomic E-state index is 12.8. The Hall–Kier alpha value is -3.35. The van der Waals surface area contributed by atoms with Gasteiger partial charge >= 0.3 is 11.9 Å². The van der Waals surface area contributed by atoms with Crippen molar-refractivity contribution >= 4 is 23.5 Å². The lowest BCUT2D eigenvalue weighted by Crippen LogP contribution is -2.52. The largest absolute Gasteiger partial charge is 0.478 e. The van der Waals surface area contributed by atoms with Crippen molar-refractivity contribution in [2.45, 2.75) is 26.0 Å². The highest BCUT2D eigenvalue weighted by Gasteiger charge is 2.41. The van der Waals surface area contributed by atoms with E-state index in [9.17, 15) is 14.4 Å². The molecule has 2 N–H and O–H groups in total. The molecule has 0 spiro atoms. The lowest BCUT2D eigenvalue weighted by Gasteiger charge is -2.39. The smallest absolute Gasteiger partial charge is 0.335 e. The highest BCUT2D eigenvalue weighted by molar-refractivity contribution is 6.03. The third-order valence-corrected chi connectivity index (χ3v) is 4.16. The van der Waals surface area contributed by atoms with Crippen LogP contribution in [-0.4, -0.2) is 33.7 Å². The first kappa shape index (κ1) is 17.5. The summed E-state index contributed by atoms with van der Waals surface area (Å²) in [6.07, 6.45) is 0. The number of ether oxygens (including phenoxy) is 1. The maximum Gasteiger partial charge on any atom is 0.335 e. The zero-order chi connectivity index (χ0) is 19.1. The van der Waals surface area contributed by atoms with Crippen LogP contribution in [0.5, 0.6) is 5.75 Å². The molecule has 0 saturated heterocycles. The number of benzene rings is 2. The highest BCUT2D eigenvalue weighted by atomic mass is 16.5. The summed E-state index contributed by atoms with van der Waals surface area (Å²) in [4.78, 5) is 36.5. The predicted octanol–water partition coefficient (Wildman–Crippen LogP) is 2.79. The van der Waals surface area contributed by atoms with Crippen LogP contribution in [-0.2, 0) is 11.3 Å². The van der Waals surface area contributed by atoms with E-state index in [-0.39, 0.29) is 23.6 Å². The molecule has 0 radical (unpaired) electrons. The molecule has 0 saturated carbocycles. The molecule has 134 valence electrons. The van der Waals surface area contributed by atoms with Crippen LogP contribution in [0.2, 0.25) is 0 Å². The van der Waals surface area contributed by atoms with Crippen LogP contribution in [0.4, 0.5) is 5.69 Å². The van der Waals surface area contributed by atoms with Crippen molar-refractivity contribution in [3.8, 4) is 5.75 Å². The van der Waals surface area contributed by atoms with Crippen molar-refractivity contribution in [3.05, 3.63) is 59.2 Å². The van der Waals surface area contributed by atoms with Crippen molar-refractivity contribution in [2.75, 3.05) is 4.90 Å². The normalized spacial score (nSPS) is 15.2. The molecule has 0 aromatic heterocycles. The van der Waals surface area contributed by atoms with E-state index in [1.54, 1.807) is 26.0 Å². The Bertz CT molecular complexity index is 901. The summed E-state index contributed by atoms with van der Waals surface area (Å²) < 4.78 is 5.71. The van der Waals surface area contributed by atoms with Gasteiger partial charge in [0.2, 0.25) is 0 Å². The molecule has 1 aliphatic rings. The van der Waals surface area contributed by atoms with Gasteiger partial charge in [-0.1, -0.05) is 12.1 Å². The van der Waals surface area contributed by atoms with Gasteiger partial charge < -0.3 is 19.8 Å². The molecule has 0 bridgehead atoms. The molecule has 7 nitrogen and oxygen atoms in total. The van der Waals surface area contributed by atoms with Crippen LogP contribution >= 0.6 is 0 Å². The van der Waals surface area contributed by atoms with E-state index in [2.05, 4.69) is 0 Å². The first-order chi connectivity index (χ1) is 12.2. The second kappa shape index (κ2) is 6.18. The molecule has 1 aliphatic heterocycles. The van der Waals surface area contributed by atoms with Gasteiger partial charge in [-0.25, -0.2) is 9.59 Å². The van der Waals surface area contributed by atoms with Gasteiger partial charge in [0.1, 0.15) is 5.75 Å². The number of rotatable bonds is 4. The molecule has 0 unspecified atom stereocenters. The number of carbonyl (C=O) groups is 3. The summed E-state index contributed by atoms with van der Waals surface area (Å²) in [6.45, 7) is 3.45. The number of carboxylic acid groups (broad SMARTS) is 2. The molecule has 3 rings (SSSR count). The third-order valence-electron chi connectivity index (χ3n) is 4.16. The highest BCUT2D eigenvalue weighted by Crippen LogP contribution is 2.39. The molecule has 7 heteroatoms. The van der Waals surface area contributed by atoms with Crippen molar-refractivity contribution in [2.24, 2.45) is 0 Å². The average Bonchev–Trinajstić information content (AvgIpc) is 2.58. The van der Waals surface area contributed by atoms with Crippen LogP contribution in [0.25, 0.3) is 0 Å². The number of fused-ring (bicyclic) bond motifs is 1. The molecule has 1 heterocycles. The van der Waals surface area contributed by atoms with Gasteiger partial charge in [-0.05, 0) is 49.7 Å². The topological polar surface area (TPSA) is 104 Å². The molecular formula is C19H17NO6. The summed E-state index contributed by atoms with van der Waals surface area (Å²) in [5.74, 6) is -2.05. The number of carbonyl (C=O) groups excluding carboxylic acids is 1. The first-order valence-corrected chi connectivity index (χ1v) is 7.89. The van der Waals surface area contributed by atoms with Gasteiger partial charge in [0.15, 0.2) is 5.60 Å². The quantitative estimate of drug-likeness (QED) is 0.874. The van der Waals surface area contributed by atoms with Gasteiger partial charge in [-0.15, -0.1) is 0 Å². The number of anilines is 1. The minimum atomic E-state index is -1.15. The van der Waals surface area contributed by atoms with Gasteiger partial charge in [0.25, 0.3) is 5.91 Å². The average molecular weight is 355 g/mol. The van der Waals surface area contributed by atoms with Crippen molar-refractivity contribution in [1.82, 2.24) is 0 Å². The fourth-order valence-corrected chi connectivity index (χ4v) is 2.80. The number of carboxylic acids is 2. The molecule has 1 amide bonds. The van der Waals surface area contributed by atoms with E-state index in [0.29, 0.717) is 11.4 Å². The summed E-state index contributed by atoms with van der Waals surface area (Å²) in [6, 6.07) is 10.6. The molecule has 0 fully saturated rings. The Labute approximate surface area is 149 Å². The summed E-state index contributed by atoms with van der Waals surface area (Å²) in [7, 11) is 0. The summed E-state index contributed by atoms with van der Waals surface area (Å²) in [5, 5.41) is 18.1. The van der Waals surface area contributed by atoms with Crippen LogP contribution < -0.4 is 9.64 Å². The second-order valence-corrected chi connectivity index (χ2v) is 6.49. The molecule has 0 aliphatic carbocycles. The van der Waals surface area contributed by atoms with Crippen LogP contribution in [0.3, 0.4) is 0 Å². The van der Waals surface area contributed by atoms with Gasteiger partial charge in [0, 0.05) is 0 Å². The van der Waals surface area contributed by atoms with E-state index in [1.807, 2.05) is 0 Å². The number of amides is 1. The van der Waals surface area contributed by atoms with Crippen LogP contribution in [0, 0.1) is 0 Å². The third kappa shape index (κ3) is 3.11. The van der Waals surface area contributed by atoms with Crippen molar-refractivity contribution in [3.63, 3.8) is 0 Å². The standard InChI is InChI=1S/C19H17NO6/c1-19(2)18(25)20(10-11-3-5-12(6-4-11)16(21)22)14-8-7-13(17(23)24)9-15(14)26-19/h3-9H,10H2,1-2H3,(H,21,22)(H,23,24). The van der Waals surface area contributed by atoms with E-state index in [0.717, 1.165) is 5.56 Å².